The van der Waals surface area contributed by atoms with E-state index in [4.69, 9.17) is 24.9 Å². The van der Waals surface area contributed by atoms with Crippen molar-refractivity contribution in [2.24, 2.45) is 0 Å². The van der Waals surface area contributed by atoms with Crippen LogP contribution in [0.25, 0.3) is 110 Å². The summed E-state index contributed by atoms with van der Waals surface area (Å²) >= 11 is 0. The van der Waals surface area contributed by atoms with Gasteiger partial charge in [-0.2, -0.15) is 0 Å². The molecule has 0 atom stereocenters. The number of nitrogens with zero attached hydrogens (tertiary/aromatic N) is 5. The maximum atomic E-state index is 5.26. The Bertz CT molecular complexity index is 3080. The minimum absolute atomic E-state index is 0.546. The fraction of sp³-hybridized carbons (Fsp3) is 0. The van der Waals surface area contributed by atoms with Crippen molar-refractivity contribution in [1.29, 1.82) is 0 Å². The minimum Gasteiger partial charge on any atom is -0.241 e. The fourth-order valence-corrected chi connectivity index (χ4v) is 7.75. The summed E-state index contributed by atoms with van der Waals surface area (Å²) in [5.74, 6) is 1.09. The van der Waals surface area contributed by atoms with Gasteiger partial charge in [-0.25, -0.2) is 24.9 Å². The van der Waals surface area contributed by atoms with E-state index < -0.39 is 0 Å². The molecule has 3 aromatic heterocycles. The van der Waals surface area contributed by atoms with Crippen LogP contribution in [0.2, 0.25) is 0 Å². The Labute approximate surface area is 310 Å². The first kappa shape index (κ1) is 30.3. The molecule has 0 fully saturated rings. The van der Waals surface area contributed by atoms with Crippen molar-refractivity contribution >= 4 is 64.9 Å². The molecule has 0 radical (unpaired) electrons. The van der Waals surface area contributed by atoms with Gasteiger partial charge >= 0.3 is 0 Å². The zero-order valence-corrected chi connectivity index (χ0v) is 29.0. The summed E-state index contributed by atoms with van der Waals surface area (Å²) in [6, 6.07) is 61.1. The third-order valence-corrected chi connectivity index (χ3v) is 10.4. The van der Waals surface area contributed by atoms with Gasteiger partial charge in [-0.05, 0) is 68.7 Å². The molecule has 54 heavy (non-hydrogen) atoms. The molecule has 8 aromatic carbocycles. The topological polar surface area (TPSA) is 64.5 Å². The summed E-state index contributed by atoms with van der Waals surface area (Å²) in [4.78, 5) is 26.2. The normalized spacial score (nSPS) is 11.7. The van der Waals surface area contributed by atoms with Crippen molar-refractivity contribution in [1.82, 2.24) is 24.9 Å². The molecule has 0 spiro atoms. The van der Waals surface area contributed by atoms with E-state index in [-0.39, 0.29) is 0 Å². The first-order valence-electron chi connectivity index (χ1n) is 18.1. The monoisotopic (exact) mass is 687 g/mol. The van der Waals surface area contributed by atoms with E-state index in [0.717, 1.165) is 76.6 Å². The number of hydrogen-bond donors (Lipinski definition) is 0. The minimum atomic E-state index is 0.546. The maximum absolute atomic E-state index is 5.26. The Balaban J connectivity index is 1.13. The van der Waals surface area contributed by atoms with Crippen molar-refractivity contribution in [3.8, 4) is 45.6 Å². The van der Waals surface area contributed by atoms with Gasteiger partial charge in [0.15, 0.2) is 11.6 Å². The summed E-state index contributed by atoms with van der Waals surface area (Å²) in [6.45, 7) is 0. The lowest BCUT2D eigenvalue weighted by atomic mass is 9.99. The zero-order chi connectivity index (χ0) is 35.6. The summed E-state index contributed by atoms with van der Waals surface area (Å²) in [5.41, 5.74) is 6.87. The van der Waals surface area contributed by atoms with Crippen LogP contribution in [0.1, 0.15) is 0 Å². The average Bonchev–Trinajstić information content (AvgIpc) is 3.25. The van der Waals surface area contributed by atoms with E-state index in [1.807, 2.05) is 18.2 Å². The SMILES string of the molecule is c1cc(-c2nc(-c3ccc4ccccc4c3)c3ccc4ccccc4c3n2)nc(-c2nc(-c3ccc4ccccc4c3)c3ccc4ccccc4c3n2)c1. The molecule has 0 saturated heterocycles. The van der Waals surface area contributed by atoms with Gasteiger partial charge in [-0.3, -0.25) is 0 Å². The van der Waals surface area contributed by atoms with Gasteiger partial charge in [-0.1, -0.05) is 140 Å². The molecule has 11 aromatic rings. The largest absolute Gasteiger partial charge is 0.241 e. The number of fused-ring (bicyclic) bond motifs is 8. The van der Waals surface area contributed by atoms with Crippen LogP contribution in [0.4, 0.5) is 0 Å². The summed E-state index contributed by atoms with van der Waals surface area (Å²) in [7, 11) is 0. The zero-order valence-electron chi connectivity index (χ0n) is 29.0. The molecule has 0 unspecified atom stereocenters. The number of pyridine rings is 1. The Morgan fingerprint density at radius 1 is 0.259 bits per heavy atom. The van der Waals surface area contributed by atoms with Crippen LogP contribution in [-0.4, -0.2) is 24.9 Å². The first-order valence-corrected chi connectivity index (χ1v) is 18.1. The number of aromatic nitrogens is 5. The quantitative estimate of drug-likeness (QED) is 0.172. The lowest BCUT2D eigenvalue weighted by molar-refractivity contribution is 1.15. The number of hydrogen-bond acceptors (Lipinski definition) is 5. The number of benzene rings is 8. The second-order valence-electron chi connectivity index (χ2n) is 13.7. The van der Waals surface area contributed by atoms with Gasteiger partial charge < -0.3 is 0 Å². The van der Waals surface area contributed by atoms with Crippen molar-refractivity contribution in [2.45, 2.75) is 0 Å². The molecule has 0 aliphatic rings. The second-order valence-corrected chi connectivity index (χ2v) is 13.7. The van der Waals surface area contributed by atoms with Gasteiger partial charge in [0, 0.05) is 32.7 Å². The molecule has 0 saturated carbocycles. The van der Waals surface area contributed by atoms with Crippen LogP contribution in [0.3, 0.4) is 0 Å². The Morgan fingerprint density at radius 2 is 0.667 bits per heavy atom. The van der Waals surface area contributed by atoms with Crippen molar-refractivity contribution in [3.05, 3.63) is 176 Å². The van der Waals surface area contributed by atoms with E-state index >= 15 is 0 Å². The van der Waals surface area contributed by atoms with Crippen LogP contribution in [-0.2, 0) is 0 Å². The molecule has 5 nitrogen and oxygen atoms in total. The van der Waals surface area contributed by atoms with E-state index in [9.17, 15) is 0 Å². The Kier molecular flexibility index (Phi) is 6.79. The van der Waals surface area contributed by atoms with Gasteiger partial charge in [0.1, 0.15) is 11.4 Å². The van der Waals surface area contributed by atoms with Crippen molar-refractivity contribution < 1.29 is 0 Å². The highest BCUT2D eigenvalue weighted by molar-refractivity contribution is 6.11. The second kappa shape index (κ2) is 12.1. The van der Waals surface area contributed by atoms with E-state index in [0.29, 0.717) is 23.0 Å². The highest BCUT2D eigenvalue weighted by Gasteiger charge is 2.18. The molecule has 11 rings (SSSR count). The molecule has 0 bridgehead atoms. The van der Waals surface area contributed by atoms with E-state index in [1.165, 1.54) is 10.8 Å². The first-order chi connectivity index (χ1) is 26.7. The van der Waals surface area contributed by atoms with Crippen LogP contribution >= 0.6 is 0 Å². The third-order valence-electron chi connectivity index (χ3n) is 10.4. The lowest BCUT2D eigenvalue weighted by Gasteiger charge is -2.13. The van der Waals surface area contributed by atoms with Gasteiger partial charge in [-0.15, -0.1) is 0 Å². The summed E-state index contributed by atoms with van der Waals surface area (Å²) in [6.07, 6.45) is 0. The van der Waals surface area contributed by atoms with E-state index in [2.05, 4.69) is 158 Å². The molecule has 0 aliphatic heterocycles. The Morgan fingerprint density at radius 3 is 1.15 bits per heavy atom. The van der Waals surface area contributed by atoms with Crippen LogP contribution < -0.4 is 0 Å². The summed E-state index contributed by atoms with van der Waals surface area (Å²) < 4.78 is 0. The molecule has 5 heteroatoms. The Hall–Kier alpha value is -7.37. The summed E-state index contributed by atoms with van der Waals surface area (Å²) in [5, 5.41) is 11.1. The maximum Gasteiger partial charge on any atom is 0.179 e. The molecule has 0 aliphatic carbocycles. The molecular weight excluding hydrogens is 659 g/mol. The van der Waals surface area contributed by atoms with Gasteiger partial charge in [0.25, 0.3) is 0 Å². The predicted molar refractivity (Wildman–Crippen MR) is 222 cm³/mol. The lowest BCUT2D eigenvalue weighted by Crippen LogP contribution is -2.00. The van der Waals surface area contributed by atoms with Crippen molar-refractivity contribution in [2.75, 3.05) is 0 Å². The fourth-order valence-electron chi connectivity index (χ4n) is 7.75. The molecule has 0 amide bonds. The van der Waals surface area contributed by atoms with Gasteiger partial charge in [0.2, 0.25) is 0 Å². The number of rotatable bonds is 4. The smallest absolute Gasteiger partial charge is 0.179 e. The van der Waals surface area contributed by atoms with Crippen LogP contribution in [0.5, 0.6) is 0 Å². The molecular formula is C49H29N5. The van der Waals surface area contributed by atoms with Crippen LogP contribution in [0.15, 0.2) is 176 Å². The standard InChI is InChI=1S/C49H29N5/c1-3-14-34-28-36(22-20-30(34)10-1)44-40-26-24-32-12-5-7-16-38(32)46(40)53-48(51-44)42-18-9-19-43(50-42)49-52-45(37-23-21-31-11-2-4-15-35(31)29-37)41-27-25-33-13-6-8-17-39(33)47(41)54-49/h1-29H. The third kappa shape index (κ3) is 4.98. The predicted octanol–water partition coefficient (Wildman–Crippen LogP) is 12.2. The van der Waals surface area contributed by atoms with E-state index in [1.54, 1.807) is 0 Å². The van der Waals surface area contributed by atoms with Crippen LogP contribution in [0, 0.1) is 0 Å². The average molecular weight is 688 g/mol. The van der Waals surface area contributed by atoms with Crippen molar-refractivity contribution in [3.63, 3.8) is 0 Å². The molecule has 0 N–H and O–H groups in total. The highest BCUT2D eigenvalue weighted by Crippen LogP contribution is 2.37. The highest BCUT2D eigenvalue weighted by atomic mass is 15.0. The van der Waals surface area contributed by atoms with Gasteiger partial charge in [0.05, 0.1) is 22.4 Å². The molecule has 250 valence electrons. The molecule has 3 heterocycles.